The molecule has 0 radical (unpaired) electrons. The topological polar surface area (TPSA) is 34.1 Å². The molecule has 74 valence electrons. The van der Waals surface area contributed by atoms with E-state index in [9.17, 15) is 8.42 Å². The molecule has 0 aliphatic heterocycles. The van der Waals surface area contributed by atoms with Crippen LogP contribution in [0.5, 0.6) is 0 Å². The van der Waals surface area contributed by atoms with Crippen LogP contribution in [0.1, 0.15) is 25.6 Å². The van der Waals surface area contributed by atoms with Gasteiger partial charge in [0.15, 0.2) is 9.84 Å². The van der Waals surface area contributed by atoms with Gasteiger partial charge >= 0.3 is 0 Å². The summed E-state index contributed by atoms with van der Waals surface area (Å²) in [7, 11) is -3.03. The standard InChI is InChI=1S/C9H14O2S2/c1-9(2,3)8-5-7(6-12-8)13(4,10)11/h5-6H,1-4H3. The van der Waals surface area contributed by atoms with E-state index < -0.39 is 9.84 Å². The molecule has 0 bridgehead atoms. The van der Waals surface area contributed by atoms with Crippen LogP contribution in [0, 0.1) is 0 Å². The highest BCUT2D eigenvalue weighted by Gasteiger charge is 2.18. The van der Waals surface area contributed by atoms with Crippen LogP contribution < -0.4 is 0 Å². The molecule has 0 unspecified atom stereocenters. The lowest BCUT2D eigenvalue weighted by Crippen LogP contribution is -2.08. The quantitative estimate of drug-likeness (QED) is 0.725. The van der Waals surface area contributed by atoms with E-state index in [-0.39, 0.29) is 5.41 Å². The van der Waals surface area contributed by atoms with Crippen molar-refractivity contribution >= 4 is 21.2 Å². The molecule has 1 aromatic rings. The minimum absolute atomic E-state index is 0.0353. The normalized spacial score (nSPS) is 13.2. The van der Waals surface area contributed by atoms with Crippen molar-refractivity contribution in [2.75, 3.05) is 6.26 Å². The average molecular weight is 218 g/mol. The van der Waals surface area contributed by atoms with Gasteiger partial charge in [-0.15, -0.1) is 11.3 Å². The largest absolute Gasteiger partial charge is 0.224 e. The Kier molecular flexibility index (Phi) is 2.56. The Morgan fingerprint density at radius 3 is 2.08 bits per heavy atom. The van der Waals surface area contributed by atoms with Crippen molar-refractivity contribution in [3.63, 3.8) is 0 Å². The monoisotopic (exact) mass is 218 g/mol. The van der Waals surface area contributed by atoms with E-state index in [0.29, 0.717) is 4.90 Å². The molecule has 0 aliphatic carbocycles. The Balaban J connectivity index is 3.16. The molecule has 1 aromatic heterocycles. The Morgan fingerprint density at radius 2 is 1.85 bits per heavy atom. The van der Waals surface area contributed by atoms with Crippen molar-refractivity contribution in [3.05, 3.63) is 16.3 Å². The number of thiophene rings is 1. The zero-order valence-corrected chi connectivity index (χ0v) is 9.92. The summed E-state index contributed by atoms with van der Waals surface area (Å²) in [6.07, 6.45) is 1.24. The third-order valence-corrected chi connectivity index (χ3v) is 4.34. The third kappa shape index (κ3) is 2.54. The molecule has 13 heavy (non-hydrogen) atoms. The summed E-state index contributed by atoms with van der Waals surface area (Å²) in [5, 5.41) is 1.70. The van der Waals surface area contributed by atoms with E-state index in [1.165, 1.54) is 17.6 Å². The lowest BCUT2D eigenvalue weighted by Gasteiger charge is -2.14. The summed E-state index contributed by atoms with van der Waals surface area (Å²) in [6, 6.07) is 1.76. The van der Waals surface area contributed by atoms with Gasteiger partial charge in [-0.2, -0.15) is 0 Å². The molecule has 0 atom stereocenters. The molecule has 0 amide bonds. The van der Waals surface area contributed by atoms with E-state index in [1.54, 1.807) is 11.4 Å². The smallest absolute Gasteiger partial charge is 0.176 e. The van der Waals surface area contributed by atoms with E-state index in [4.69, 9.17) is 0 Å². The predicted octanol–water partition coefficient (Wildman–Crippen LogP) is 2.45. The molecular weight excluding hydrogens is 204 g/mol. The highest BCUT2D eigenvalue weighted by Crippen LogP contribution is 2.30. The zero-order valence-electron chi connectivity index (χ0n) is 8.29. The average Bonchev–Trinajstić information content (AvgIpc) is 2.28. The summed E-state index contributed by atoms with van der Waals surface area (Å²) in [6.45, 7) is 6.22. The summed E-state index contributed by atoms with van der Waals surface area (Å²) < 4.78 is 22.4. The van der Waals surface area contributed by atoms with Gasteiger partial charge in [0.05, 0.1) is 4.90 Å². The van der Waals surface area contributed by atoms with Crippen molar-refractivity contribution < 1.29 is 8.42 Å². The summed E-state index contributed by atoms with van der Waals surface area (Å²) in [4.78, 5) is 1.54. The van der Waals surface area contributed by atoms with Crippen LogP contribution in [0.3, 0.4) is 0 Å². The number of sulfone groups is 1. The van der Waals surface area contributed by atoms with Crippen LogP contribution in [0.15, 0.2) is 16.3 Å². The van der Waals surface area contributed by atoms with Crippen LogP contribution in [0.4, 0.5) is 0 Å². The second-order valence-electron chi connectivity index (χ2n) is 4.17. The Labute approximate surface area is 83.5 Å². The SMILES string of the molecule is CC(C)(C)c1cc(S(C)(=O)=O)cs1. The van der Waals surface area contributed by atoms with E-state index in [0.717, 1.165) is 4.88 Å². The van der Waals surface area contributed by atoms with Gasteiger partial charge in [0, 0.05) is 16.5 Å². The maximum absolute atomic E-state index is 11.2. The van der Waals surface area contributed by atoms with Gasteiger partial charge < -0.3 is 0 Å². The maximum atomic E-state index is 11.2. The summed E-state index contributed by atoms with van der Waals surface area (Å²) in [5.41, 5.74) is 0.0353. The predicted molar refractivity (Wildman–Crippen MR) is 56.1 cm³/mol. The Hall–Kier alpha value is -0.350. The molecule has 1 heterocycles. The second-order valence-corrected chi connectivity index (χ2v) is 7.10. The van der Waals surface area contributed by atoms with Gasteiger partial charge in [-0.25, -0.2) is 8.42 Å². The zero-order chi connectivity index (χ0) is 10.3. The van der Waals surface area contributed by atoms with Crippen LogP contribution in [0.2, 0.25) is 0 Å². The van der Waals surface area contributed by atoms with Gasteiger partial charge in [-0.05, 0) is 11.5 Å². The van der Waals surface area contributed by atoms with Crippen molar-refractivity contribution in [2.24, 2.45) is 0 Å². The van der Waals surface area contributed by atoms with E-state index in [1.807, 2.05) is 0 Å². The summed E-state index contributed by atoms with van der Waals surface area (Å²) in [5.74, 6) is 0. The lowest BCUT2D eigenvalue weighted by atomic mass is 9.95. The highest BCUT2D eigenvalue weighted by atomic mass is 32.2. The van der Waals surface area contributed by atoms with Gasteiger partial charge in [0.1, 0.15) is 0 Å². The van der Waals surface area contributed by atoms with Crippen LogP contribution in [-0.4, -0.2) is 14.7 Å². The van der Waals surface area contributed by atoms with Crippen LogP contribution in [0.25, 0.3) is 0 Å². The molecule has 0 fully saturated rings. The second kappa shape index (κ2) is 3.10. The van der Waals surface area contributed by atoms with Crippen molar-refractivity contribution in [1.82, 2.24) is 0 Å². The molecular formula is C9H14O2S2. The van der Waals surface area contributed by atoms with Gasteiger partial charge in [-0.3, -0.25) is 0 Å². The number of hydrogen-bond donors (Lipinski definition) is 0. The molecule has 2 nitrogen and oxygen atoms in total. The highest BCUT2D eigenvalue weighted by molar-refractivity contribution is 7.90. The molecule has 0 N–H and O–H groups in total. The molecule has 0 aromatic carbocycles. The van der Waals surface area contributed by atoms with E-state index >= 15 is 0 Å². The van der Waals surface area contributed by atoms with Gasteiger partial charge in [0.25, 0.3) is 0 Å². The Bertz CT molecular complexity index is 393. The molecule has 0 aliphatic rings. The van der Waals surface area contributed by atoms with Gasteiger partial charge in [0.2, 0.25) is 0 Å². The first-order valence-electron chi connectivity index (χ1n) is 4.00. The molecule has 0 spiro atoms. The molecule has 1 rings (SSSR count). The maximum Gasteiger partial charge on any atom is 0.176 e. The number of hydrogen-bond acceptors (Lipinski definition) is 3. The van der Waals surface area contributed by atoms with Crippen LogP contribution >= 0.6 is 11.3 Å². The first-order valence-corrected chi connectivity index (χ1v) is 6.77. The van der Waals surface area contributed by atoms with Gasteiger partial charge in [-0.1, -0.05) is 20.8 Å². The number of rotatable bonds is 1. The lowest BCUT2D eigenvalue weighted by molar-refractivity contribution is 0.597. The molecule has 4 heteroatoms. The van der Waals surface area contributed by atoms with Crippen molar-refractivity contribution in [3.8, 4) is 0 Å². The third-order valence-electron chi connectivity index (χ3n) is 1.74. The van der Waals surface area contributed by atoms with Crippen molar-refractivity contribution in [1.29, 1.82) is 0 Å². The first-order chi connectivity index (χ1) is 5.71. The molecule has 0 saturated heterocycles. The minimum Gasteiger partial charge on any atom is -0.224 e. The Morgan fingerprint density at radius 1 is 1.31 bits per heavy atom. The van der Waals surface area contributed by atoms with Crippen molar-refractivity contribution in [2.45, 2.75) is 31.1 Å². The molecule has 0 saturated carbocycles. The fraction of sp³-hybridized carbons (Fsp3) is 0.556. The van der Waals surface area contributed by atoms with E-state index in [2.05, 4.69) is 20.8 Å². The first kappa shape index (κ1) is 10.7. The summed E-state index contributed by atoms with van der Waals surface area (Å²) >= 11 is 1.50. The minimum atomic E-state index is -3.03. The van der Waals surface area contributed by atoms with Crippen LogP contribution in [-0.2, 0) is 15.3 Å². The fourth-order valence-electron chi connectivity index (χ4n) is 0.907. The fourth-order valence-corrected chi connectivity index (χ4v) is 3.02.